The third-order valence-corrected chi connectivity index (χ3v) is 3.83. The van der Waals surface area contributed by atoms with Crippen molar-refractivity contribution in [2.75, 3.05) is 33.2 Å². The molecule has 0 radical (unpaired) electrons. The molecule has 0 unspecified atom stereocenters. The summed E-state index contributed by atoms with van der Waals surface area (Å²) < 4.78 is 29.3. The highest BCUT2D eigenvalue weighted by atomic mass is 79.9. The molecular formula is C13H17BrF2N2O. The maximum Gasteiger partial charge on any atom is 0.387 e. The molecule has 1 aliphatic rings. The second-order valence-corrected chi connectivity index (χ2v) is 5.58. The van der Waals surface area contributed by atoms with E-state index >= 15 is 0 Å². The quantitative estimate of drug-likeness (QED) is 0.842. The summed E-state index contributed by atoms with van der Waals surface area (Å²) in [5.74, 6) is 0.178. The van der Waals surface area contributed by atoms with Crippen LogP contribution < -0.4 is 4.74 Å². The van der Waals surface area contributed by atoms with E-state index in [0.717, 1.165) is 38.3 Å². The largest absolute Gasteiger partial charge is 0.434 e. The van der Waals surface area contributed by atoms with E-state index in [9.17, 15) is 8.78 Å². The molecule has 0 spiro atoms. The van der Waals surface area contributed by atoms with Crippen LogP contribution in [-0.4, -0.2) is 49.6 Å². The zero-order valence-electron chi connectivity index (χ0n) is 10.8. The fourth-order valence-electron chi connectivity index (χ4n) is 2.10. The molecule has 0 amide bonds. The molecule has 106 valence electrons. The standard InChI is InChI=1S/C13H17BrF2N2O/c1-17-4-6-18(7-5-17)9-10-2-3-12(11(14)8-10)19-13(15)16/h2-3,8,13H,4-7,9H2,1H3. The smallest absolute Gasteiger partial charge is 0.387 e. The molecule has 1 aromatic rings. The predicted molar refractivity (Wildman–Crippen MR) is 73.5 cm³/mol. The average Bonchev–Trinajstić information content (AvgIpc) is 2.35. The van der Waals surface area contributed by atoms with Crippen molar-refractivity contribution in [3.8, 4) is 5.75 Å². The van der Waals surface area contributed by atoms with Crippen molar-refractivity contribution in [3.63, 3.8) is 0 Å². The van der Waals surface area contributed by atoms with Gasteiger partial charge in [0.25, 0.3) is 0 Å². The lowest BCUT2D eigenvalue weighted by molar-refractivity contribution is -0.0503. The first kappa shape index (κ1) is 14.7. The third-order valence-electron chi connectivity index (χ3n) is 3.21. The number of hydrogen-bond donors (Lipinski definition) is 0. The monoisotopic (exact) mass is 334 g/mol. The topological polar surface area (TPSA) is 15.7 Å². The highest BCUT2D eigenvalue weighted by molar-refractivity contribution is 9.10. The fraction of sp³-hybridized carbons (Fsp3) is 0.538. The predicted octanol–water partition coefficient (Wildman–Crippen LogP) is 2.80. The van der Waals surface area contributed by atoms with E-state index in [4.69, 9.17) is 0 Å². The zero-order valence-corrected chi connectivity index (χ0v) is 12.4. The molecule has 1 heterocycles. The summed E-state index contributed by atoms with van der Waals surface area (Å²) in [4.78, 5) is 4.65. The lowest BCUT2D eigenvalue weighted by Gasteiger charge is -2.32. The van der Waals surface area contributed by atoms with Crippen molar-refractivity contribution in [2.45, 2.75) is 13.2 Å². The van der Waals surface area contributed by atoms with Gasteiger partial charge in [-0.1, -0.05) is 6.07 Å². The van der Waals surface area contributed by atoms with E-state index < -0.39 is 6.61 Å². The number of rotatable bonds is 4. The molecule has 3 nitrogen and oxygen atoms in total. The molecule has 1 aromatic carbocycles. The summed E-state index contributed by atoms with van der Waals surface area (Å²) in [6.07, 6.45) is 0. The maximum atomic E-state index is 12.2. The summed E-state index contributed by atoms with van der Waals surface area (Å²) in [5.41, 5.74) is 1.10. The van der Waals surface area contributed by atoms with Gasteiger partial charge in [0.05, 0.1) is 4.47 Å². The first-order valence-corrected chi connectivity index (χ1v) is 6.98. The van der Waals surface area contributed by atoms with E-state index in [1.54, 1.807) is 6.07 Å². The van der Waals surface area contributed by atoms with E-state index in [-0.39, 0.29) is 5.75 Å². The van der Waals surface area contributed by atoms with Gasteiger partial charge in [0.15, 0.2) is 0 Å². The van der Waals surface area contributed by atoms with Gasteiger partial charge in [-0.2, -0.15) is 8.78 Å². The second-order valence-electron chi connectivity index (χ2n) is 4.72. The van der Waals surface area contributed by atoms with Gasteiger partial charge in [-0.25, -0.2) is 0 Å². The van der Waals surface area contributed by atoms with Crippen molar-refractivity contribution in [3.05, 3.63) is 28.2 Å². The summed E-state index contributed by atoms with van der Waals surface area (Å²) in [6.45, 7) is 2.23. The van der Waals surface area contributed by atoms with Gasteiger partial charge < -0.3 is 9.64 Å². The Morgan fingerprint density at radius 1 is 1.26 bits per heavy atom. The van der Waals surface area contributed by atoms with Crippen LogP contribution in [0.15, 0.2) is 22.7 Å². The highest BCUT2D eigenvalue weighted by Gasteiger charge is 2.15. The summed E-state index contributed by atoms with van der Waals surface area (Å²) in [6, 6.07) is 5.26. The number of ether oxygens (including phenoxy) is 1. The van der Waals surface area contributed by atoms with Gasteiger partial charge in [-0.3, -0.25) is 4.90 Å². The Labute approximate surface area is 120 Å². The van der Waals surface area contributed by atoms with Crippen LogP contribution in [-0.2, 0) is 6.54 Å². The third kappa shape index (κ3) is 4.40. The van der Waals surface area contributed by atoms with Crippen LogP contribution in [0.5, 0.6) is 5.75 Å². The highest BCUT2D eigenvalue weighted by Crippen LogP contribution is 2.28. The number of piperazine rings is 1. The van der Waals surface area contributed by atoms with Crippen molar-refractivity contribution in [1.82, 2.24) is 9.80 Å². The van der Waals surface area contributed by atoms with Gasteiger partial charge >= 0.3 is 6.61 Å². The van der Waals surface area contributed by atoms with Gasteiger partial charge in [0.1, 0.15) is 5.75 Å². The van der Waals surface area contributed by atoms with Crippen LogP contribution in [0.3, 0.4) is 0 Å². The lowest BCUT2D eigenvalue weighted by Crippen LogP contribution is -2.43. The molecule has 0 N–H and O–H groups in total. The van der Waals surface area contributed by atoms with Crippen molar-refractivity contribution in [1.29, 1.82) is 0 Å². The molecule has 1 fully saturated rings. The van der Waals surface area contributed by atoms with Gasteiger partial charge in [0, 0.05) is 32.7 Å². The lowest BCUT2D eigenvalue weighted by atomic mass is 10.2. The molecule has 1 aliphatic heterocycles. The average molecular weight is 335 g/mol. The molecule has 6 heteroatoms. The Balaban J connectivity index is 1.96. The fourth-order valence-corrected chi connectivity index (χ4v) is 2.62. The van der Waals surface area contributed by atoms with E-state index in [1.807, 2.05) is 12.1 Å². The number of alkyl halides is 2. The van der Waals surface area contributed by atoms with Gasteiger partial charge in [-0.15, -0.1) is 0 Å². The Morgan fingerprint density at radius 2 is 1.95 bits per heavy atom. The SMILES string of the molecule is CN1CCN(Cc2ccc(OC(F)F)c(Br)c2)CC1. The molecule has 0 aromatic heterocycles. The Kier molecular flexibility index (Phi) is 5.13. The van der Waals surface area contributed by atoms with E-state index in [1.165, 1.54) is 0 Å². The van der Waals surface area contributed by atoms with Crippen LogP contribution in [0.25, 0.3) is 0 Å². The normalized spacial score (nSPS) is 17.9. The first-order chi connectivity index (χ1) is 9.04. The minimum atomic E-state index is -2.79. The van der Waals surface area contributed by atoms with Crippen LogP contribution >= 0.6 is 15.9 Å². The van der Waals surface area contributed by atoms with Crippen molar-refractivity contribution in [2.24, 2.45) is 0 Å². The van der Waals surface area contributed by atoms with E-state index in [0.29, 0.717) is 4.47 Å². The first-order valence-electron chi connectivity index (χ1n) is 6.19. The Bertz CT molecular complexity index is 423. The molecule has 0 saturated carbocycles. The van der Waals surface area contributed by atoms with Crippen LogP contribution in [0.2, 0.25) is 0 Å². The number of likely N-dealkylation sites (N-methyl/N-ethyl adjacent to an activating group) is 1. The zero-order chi connectivity index (χ0) is 13.8. The molecule has 2 rings (SSSR count). The Hall–Kier alpha value is -0.720. The molecule has 1 saturated heterocycles. The maximum absolute atomic E-state index is 12.2. The molecular weight excluding hydrogens is 318 g/mol. The number of halogens is 3. The number of nitrogens with zero attached hydrogens (tertiary/aromatic N) is 2. The molecule has 0 atom stereocenters. The number of hydrogen-bond acceptors (Lipinski definition) is 3. The number of benzene rings is 1. The van der Waals surface area contributed by atoms with E-state index in [2.05, 4.69) is 37.5 Å². The summed E-state index contributed by atoms with van der Waals surface area (Å²) >= 11 is 3.26. The van der Waals surface area contributed by atoms with Crippen LogP contribution in [0, 0.1) is 0 Å². The van der Waals surface area contributed by atoms with Crippen molar-refractivity contribution < 1.29 is 13.5 Å². The van der Waals surface area contributed by atoms with Crippen molar-refractivity contribution >= 4 is 15.9 Å². The minimum absolute atomic E-state index is 0.178. The van der Waals surface area contributed by atoms with Gasteiger partial charge in [-0.05, 0) is 40.7 Å². The summed E-state index contributed by atoms with van der Waals surface area (Å²) in [7, 11) is 2.12. The van der Waals surface area contributed by atoms with Crippen LogP contribution in [0.4, 0.5) is 8.78 Å². The molecule has 0 aliphatic carbocycles. The molecule has 0 bridgehead atoms. The Morgan fingerprint density at radius 3 is 2.53 bits per heavy atom. The molecule has 19 heavy (non-hydrogen) atoms. The minimum Gasteiger partial charge on any atom is -0.434 e. The summed E-state index contributed by atoms with van der Waals surface area (Å²) in [5, 5.41) is 0. The van der Waals surface area contributed by atoms with Gasteiger partial charge in [0.2, 0.25) is 0 Å². The van der Waals surface area contributed by atoms with Crippen LogP contribution in [0.1, 0.15) is 5.56 Å². The second kappa shape index (κ2) is 6.63.